The topological polar surface area (TPSA) is 55.3 Å². The van der Waals surface area contributed by atoms with Gasteiger partial charge in [-0.3, -0.25) is 14.8 Å². The maximum absolute atomic E-state index is 12.9. The molecule has 3 rings (SSSR count). The quantitative estimate of drug-likeness (QED) is 0.848. The number of carbonyl (C=O) groups excluding carboxylic acids is 1. The Hall–Kier alpha value is -2.27. The lowest BCUT2D eigenvalue weighted by Gasteiger charge is -2.27. The van der Waals surface area contributed by atoms with Crippen LogP contribution < -0.4 is 0 Å². The van der Waals surface area contributed by atoms with Crippen LogP contribution in [0.15, 0.2) is 36.7 Å². The van der Waals surface area contributed by atoms with Crippen LogP contribution in [0.25, 0.3) is 0 Å². The van der Waals surface area contributed by atoms with E-state index < -0.39 is 0 Å². The second-order valence-electron chi connectivity index (χ2n) is 6.18. The van der Waals surface area contributed by atoms with Gasteiger partial charge in [0.15, 0.2) is 0 Å². The van der Waals surface area contributed by atoms with Crippen molar-refractivity contribution in [3.8, 4) is 0 Å². The molecular formula is C19H23N3O2. The third-order valence-corrected chi connectivity index (χ3v) is 4.56. The lowest BCUT2D eigenvalue weighted by atomic mass is 9.95. The SMILES string of the molecule is COCC(c1ccccn1)N(C)C(=O)c1cnc2c(c1)CCCC2. The summed E-state index contributed by atoms with van der Waals surface area (Å²) in [5.41, 5.74) is 3.80. The molecule has 2 aromatic heterocycles. The molecule has 1 amide bonds. The first-order valence-electron chi connectivity index (χ1n) is 8.35. The first-order chi connectivity index (χ1) is 11.7. The van der Waals surface area contributed by atoms with E-state index in [2.05, 4.69) is 9.97 Å². The number of aryl methyl sites for hydroxylation is 2. The van der Waals surface area contributed by atoms with Gasteiger partial charge in [-0.1, -0.05) is 6.07 Å². The van der Waals surface area contributed by atoms with Gasteiger partial charge < -0.3 is 9.64 Å². The molecule has 0 radical (unpaired) electrons. The molecule has 1 unspecified atom stereocenters. The third kappa shape index (κ3) is 3.46. The largest absolute Gasteiger partial charge is 0.382 e. The van der Waals surface area contributed by atoms with E-state index in [9.17, 15) is 4.79 Å². The summed E-state index contributed by atoms with van der Waals surface area (Å²) >= 11 is 0. The normalized spacial score (nSPS) is 14.8. The number of nitrogens with zero attached hydrogens (tertiary/aromatic N) is 3. The van der Waals surface area contributed by atoms with Gasteiger partial charge >= 0.3 is 0 Å². The lowest BCUT2D eigenvalue weighted by molar-refractivity contribution is 0.0594. The van der Waals surface area contributed by atoms with Crippen LogP contribution in [0.3, 0.4) is 0 Å². The molecule has 0 aromatic carbocycles. The Morgan fingerprint density at radius 1 is 1.29 bits per heavy atom. The Balaban J connectivity index is 1.84. The zero-order chi connectivity index (χ0) is 16.9. The van der Waals surface area contributed by atoms with Gasteiger partial charge in [0.05, 0.1) is 23.9 Å². The molecule has 2 heterocycles. The third-order valence-electron chi connectivity index (χ3n) is 4.56. The first-order valence-corrected chi connectivity index (χ1v) is 8.35. The zero-order valence-electron chi connectivity index (χ0n) is 14.2. The van der Waals surface area contributed by atoms with Gasteiger partial charge in [-0.2, -0.15) is 0 Å². The van der Waals surface area contributed by atoms with Crippen molar-refractivity contribution >= 4 is 5.91 Å². The minimum absolute atomic E-state index is 0.0522. The molecule has 5 nitrogen and oxygen atoms in total. The van der Waals surface area contributed by atoms with Crippen LogP contribution in [-0.2, 0) is 17.6 Å². The Bertz CT molecular complexity index is 703. The number of likely N-dealkylation sites (N-methyl/N-ethyl adjacent to an activating group) is 1. The molecule has 24 heavy (non-hydrogen) atoms. The monoisotopic (exact) mass is 325 g/mol. The number of fused-ring (bicyclic) bond motifs is 1. The van der Waals surface area contributed by atoms with Crippen LogP contribution in [0.1, 0.15) is 46.2 Å². The number of hydrogen-bond acceptors (Lipinski definition) is 4. The first kappa shape index (κ1) is 16.6. The predicted molar refractivity (Wildman–Crippen MR) is 91.8 cm³/mol. The van der Waals surface area contributed by atoms with Gasteiger partial charge in [0.1, 0.15) is 0 Å². The van der Waals surface area contributed by atoms with E-state index in [4.69, 9.17) is 4.74 Å². The highest BCUT2D eigenvalue weighted by Crippen LogP contribution is 2.23. The van der Waals surface area contributed by atoms with Crippen molar-refractivity contribution in [1.29, 1.82) is 0 Å². The van der Waals surface area contributed by atoms with Crippen molar-refractivity contribution in [2.75, 3.05) is 20.8 Å². The summed E-state index contributed by atoms with van der Waals surface area (Å²) in [6, 6.07) is 7.48. The number of rotatable bonds is 5. The van der Waals surface area contributed by atoms with Gasteiger partial charge in [0.2, 0.25) is 0 Å². The van der Waals surface area contributed by atoms with Crippen LogP contribution >= 0.6 is 0 Å². The van der Waals surface area contributed by atoms with E-state index in [-0.39, 0.29) is 11.9 Å². The second-order valence-corrected chi connectivity index (χ2v) is 6.18. The lowest BCUT2D eigenvalue weighted by Crippen LogP contribution is -2.34. The number of amides is 1. The molecule has 0 bridgehead atoms. The number of aromatic nitrogens is 2. The number of methoxy groups -OCH3 is 1. The average molecular weight is 325 g/mol. The summed E-state index contributed by atoms with van der Waals surface area (Å²) in [6.45, 7) is 0.400. The van der Waals surface area contributed by atoms with E-state index >= 15 is 0 Å². The maximum Gasteiger partial charge on any atom is 0.255 e. The van der Waals surface area contributed by atoms with E-state index in [0.29, 0.717) is 12.2 Å². The van der Waals surface area contributed by atoms with Gasteiger partial charge in [0.25, 0.3) is 5.91 Å². The van der Waals surface area contributed by atoms with Crippen molar-refractivity contribution in [2.45, 2.75) is 31.7 Å². The predicted octanol–water partition coefficient (Wildman–Crippen LogP) is 2.82. The van der Waals surface area contributed by atoms with Crippen molar-refractivity contribution in [1.82, 2.24) is 14.9 Å². The summed E-state index contributed by atoms with van der Waals surface area (Å²) in [5, 5.41) is 0. The molecule has 0 fully saturated rings. The summed E-state index contributed by atoms with van der Waals surface area (Å²) in [5.74, 6) is -0.0522. The summed E-state index contributed by atoms with van der Waals surface area (Å²) < 4.78 is 5.31. The number of pyridine rings is 2. The van der Waals surface area contributed by atoms with Crippen molar-refractivity contribution in [2.24, 2.45) is 0 Å². The van der Waals surface area contributed by atoms with E-state index in [1.54, 1.807) is 31.5 Å². The van der Waals surface area contributed by atoms with Crippen LogP contribution in [0.4, 0.5) is 0 Å². The second kappa shape index (κ2) is 7.53. The zero-order valence-corrected chi connectivity index (χ0v) is 14.2. The van der Waals surface area contributed by atoms with Gasteiger partial charge in [-0.15, -0.1) is 0 Å². The molecule has 0 saturated heterocycles. The van der Waals surface area contributed by atoms with Crippen LogP contribution in [0.2, 0.25) is 0 Å². The fourth-order valence-corrected chi connectivity index (χ4v) is 3.18. The molecule has 0 N–H and O–H groups in total. The Labute approximate surface area is 142 Å². The fraction of sp³-hybridized carbons (Fsp3) is 0.421. The minimum Gasteiger partial charge on any atom is -0.382 e. The number of ether oxygens (including phenoxy) is 1. The summed E-state index contributed by atoms with van der Waals surface area (Å²) in [6.07, 6.45) is 7.81. The average Bonchev–Trinajstić information content (AvgIpc) is 2.65. The Morgan fingerprint density at radius 2 is 2.12 bits per heavy atom. The molecule has 5 heteroatoms. The Morgan fingerprint density at radius 3 is 2.88 bits per heavy atom. The van der Waals surface area contributed by atoms with Crippen LogP contribution in [0, 0.1) is 0 Å². The number of carbonyl (C=O) groups is 1. The molecule has 2 aromatic rings. The van der Waals surface area contributed by atoms with E-state index in [1.807, 2.05) is 24.3 Å². The Kier molecular flexibility index (Phi) is 5.20. The van der Waals surface area contributed by atoms with Gasteiger partial charge in [-0.25, -0.2) is 0 Å². The molecule has 1 aliphatic carbocycles. The molecule has 1 atom stereocenters. The van der Waals surface area contributed by atoms with Crippen molar-refractivity contribution < 1.29 is 9.53 Å². The smallest absolute Gasteiger partial charge is 0.255 e. The molecule has 0 spiro atoms. The highest BCUT2D eigenvalue weighted by Gasteiger charge is 2.25. The molecule has 126 valence electrons. The highest BCUT2D eigenvalue weighted by atomic mass is 16.5. The van der Waals surface area contributed by atoms with Gasteiger partial charge in [0, 0.05) is 32.2 Å². The van der Waals surface area contributed by atoms with Crippen LogP contribution in [-0.4, -0.2) is 41.5 Å². The molecule has 0 aliphatic heterocycles. The van der Waals surface area contributed by atoms with E-state index in [0.717, 1.165) is 24.2 Å². The highest BCUT2D eigenvalue weighted by molar-refractivity contribution is 5.94. The molecule has 0 saturated carbocycles. The van der Waals surface area contributed by atoms with E-state index in [1.165, 1.54) is 18.4 Å². The van der Waals surface area contributed by atoms with Gasteiger partial charge in [-0.05, 0) is 49.4 Å². The number of hydrogen-bond donors (Lipinski definition) is 0. The fourth-order valence-electron chi connectivity index (χ4n) is 3.18. The molecular weight excluding hydrogens is 302 g/mol. The van der Waals surface area contributed by atoms with Crippen LogP contribution in [0.5, 0.6) is 0 Å². The summed E-state index contributed by atoms with van der Waals surface area (Å²) in [4.78, 5) is 23.5. The standard InChI is InChI=1S/C19H23N3O2/c1-22(18(13-24-2)17-9-5-6-10-20-17)19(23)15-11-14-7-3-4-8-16(14)21-12-15/h5-6,9-12,18H,3-4,7-8,13H2,1-2H3. The van der Waals surface area contributed by atoms with Crippen molar-refractivity contribution in [3.63, 3.8) is 0 Å². The molecule has 1 aliphatic rings. The minimum atomic E-state index is -0.222. The van der Waals surface area contributed by atoms with Crippen molar-refractivity contribution in [3.05, 3.63) is 59.2 Å². The maximum atomic E-state index is 12.9. The summed E-state index contributed by atoms with van der Waals surface area (Å²) in [7, 11) is 3.43.